The SMILES string of the molecule is COc1cc(F)c(C(=O)CCl)cc1C. The number of methoxy groups -OCH3 is 1. The number of ether oxygens (including phenoxy) is 1. The van der Waals surface area contributed by atoms with Gasteiger partial charge in [0.2, 0.25) is 0 Å². The Labute approximate surface area is 86.6 Å². The van der Waals surface area contributed by atoms with E-state index in [0.29, 0.717) is 11.3 Å². The summed E-state index contributed by atoms with van der Waals surface area (Å²) >= 11 is 5.34. The lowest BCUT2D eigenvalue weighted by molar-refractivity contribution is 0.101. The van der Waals surface area contributed by atoms with E-state index < -0.39 is 11.6 Å². The Morgan fingerprint density at radius 3 is 2.71 bits per heavy atom. The molecular weight excluding hydrogens is 207 g/mol. The first kappa shape index (κ1) is 11.0. The van der Waals surface area contributed by atoms with Crippen LogP contribution in [0.4, 0.5) is 4.39 Å². The van der Waals surface area contributed by atoms with Gasteiger partial charge in [0.05, 0.1) is 18.6 Å². The molecule has 4 heteroatoms. The quantitative estimate of drug-likeness (QED) is 0.574. The smallest absolute Gasteiger partial charge is 0.180 e. The van der Waals surface area contributed by atoms with Crippen LogP contribution < -0.4 is 4.74 Å². The predicted molar refractivity (Wildman–Crippen MR) is 52.7 cm³/mol. The molecule has 0 amide bonds. The van der Waals surface area contributed by atoms with Crippen LogP contribution in [0, 0.1) is 12.7 Å². The van der Waals surface area contributed by atoms with Gasteiger partial charge in [-0.15, -0.1) is 11.6 Å². The van der Waals surface area contributed by atoms with Gasteiger partial charge in [-0.2, -0.15) is 0 Å². The van der Waals surface area contributed by atoms with Crippen LogP contribution in [0.25, 0.3) is 0 Å². The van der Waals surface area contributed by atoms with Gasteiger partial charge in [-0.25, -0.2) is 4.39 Å². The number of halogens is 2. The molecule has 1 aromatic carbocycles. The molecule has 0 aromatic heterocycles. The maximum atomic E-state index is 13.3. The number of carbonyl (C=O) groups is 1. The molecule has 1 aromatic rings. The summed E-state index contributed by atoms with van der Waals surface area (Å²) in [5.74, 6) is -0.815. The fourth-order valence-corrected chi connectivity index (χ4v) is 1.31. The third-order valence-electron chi connectivity index (χ3n) is 1.91. The highest BCUT2D eigenvalue weighted by atomic mass is 35.5. The van der Waals surface area contributed by atoms with Crippen LogP contribution in [0.2, 0.25) is 0 Å². The minimum Gasteiger partial charge on any atom is -0.496 e. The van der Waals surface area contributed by atoms with Gasteiger partial charge in [0.25, 0.3) is 0 Å². The number of hydrogen-bond acceptors (Lipinski definition) is 2. The average molecular weight is 217 g/mol. The molecule has 2 nitrogen and oxygen atoms in total. The Hall–Kier alpha value is -1.09. The van der Waals surface area contributed by atoms with Crippen molar-refractivity contribution in [1.82, 2.24) is 0 Å². The monoisotopic (exact) mass is 216 g/mol. The summed E-state index contributed by atoms with van der Waals surface area (Å²) < 4.78 is 18.2. The van der Waals surface area contributed by atoms with Crippen molar-refractivity contribution in [3.8, 4) is 5.75 Å². The van der Waals surface area contributed by atoms with E-state index in [1.165, 1.54) is 19.2 Å². The third-order valence-corrected chi connectivity index (χ3v) is 2.15. The summed E-state index contributed by atoms with van der Waals surface area (Å²) in [5, 5.41) is 0. The number of aryl methyl sites for hydroxylation is 1. The lowest BCUT2D eigenvalue weighted by Crippen LogP contribution is -2.05. The molecule has 0 aliphatic carbocycles. The van der Waals surface area contributed by atoms with Crippen molar-refractivity contribution in [2.24, 2.45) is 0 Å². The summed E-state index contributed by atoms with van der Waals surface area (Å²) in [4.78, 5) is 11.2. The molecule has 76 valence electrons. The first-order valence-corrected chi connectivity index (χ1v) is 4.57. The number of ketones is 1. The molecule has 0 heterocycles. The summed E-state index contributed by atoms with van der Waals surface area (Å²) in [6.45, 7) is 1.74. The molecule has 0 aliphatic rings. The lowest BCUT2D eigenvalue weighted by atomic mass is 10.1. The minimum atomic E-state index is -0.599. The van der Waals surface area contributed by atoms with Gasteiger partial charge in [0.15, 0.2) is 5.78 Å². The highest BCUT2D eigenvalue weighted by Crippen LogP contribution is 2.22. The lowest BCUT2D eigenvalue weighted by Gasteiger charge is -2.07. The zero-order valence-electron chi connectivity index (χ0n) is 7.93. The van der Waals surface area contributed by atoms with E-state index >= 15 is 0 Å². The Bertz CT molecular complexity index is 363. The zero-order chi connectivity index (χ0) is 10.7. The second-order valence-electron chi connectivity index (χ2n) is 2.86. The summed E-state index contributed by atoms with van der Waals surface area (Å²) in [5.41, 5.74) is 0.723. The number of Topliss-reactive ketones (excluding diaryl/α,β-unsaturated/α-hetero) is 1. The molecule has 0 N–H and O–H groups in total. The van der Waals surface area contributed by atoms with Crippen molar-refractivity contribution in [2.75, 3.05) is 13.0 Å². The largest absolute Gasteiger partial charge is 0.496 e. The predicted octanol–water partition coefficient (Wildman–Crippen LogP) is 2.56. The molecular formula is C10H10ClFO2. The van der Waals surface area contributed by atoms with Gasteiger partial charge in [-0.1, -0.05) is 0 Å². The Morgan fingerprint density at radius 2 is 2.21 bits per heavy atom. The molecule has 0 spiro atoms. The molecule has 0 bridgehead atoms. The fraction of sp³-hybridized carbons (Fsp3) is 0.300. The first-order chi connectivity index (χ1) is 6.60. The van der Waals surface area contributed by atoms with Gasteiger partial charge in [0.1, 0.15) is 11.6 Å². The Kier molecular flexibility index (Phi) is 3.47. The van der Waals surface area contributed by atoms with Crippen molar-refractivity contribution in [1.29, 1.82) is 0 Å². The van der Waals surface area contributed by atoms with E-state index in [-0.39, 0.29) is 11.4 Å². The maximum absolute atomic E-state index is 13.3. The number of benzene rings is 1. The highest BCUT2D eigenvalue weighted by molar-refractivity contribution is 6.30. The van der Waals surface area contributed by atoms with Crippen molar-refractivity contribution in [2.45, 2.75) is 6.92 Å². The summed E-state index contributed by atoms with van der Waals surface area (Å²) in [6, 6.07) is 2.63. The standard InChI is InChI=1S/C10H10ClFO2/c1-6-3-7(9(13)5-11)8(12)4-10(6)14-2/h3-4H,5H2,1-2H3. The Balaban J connectivity index is 3.21. The van der Waals surface area contributed by atoms with Gasteiger partial charge in [-0.3, -0.25) is 4.79 Å². The van der Waals surface area contributed by atoms with Crippen LogP contribution >= 0.6 is 11.6 Å². The van der Waals surface area contributed by atoms with Gasteiger partial charge in [-0.05, 0) is 18.6 Å². The van der Waals surface area contributed by atoms with Crippen molar-refractivity contribution < 1.29 is 13.9 Å². The minimum absolute atomic E-state index is 0.0123. The van der Waals surface area contributed by atoms with Crippen LogP contribution in [0.5, 0.6) is 5.75 Å². The molecule has 0 fully saturated rings. The van der Waals surface area contributed by atoms with Crippen LogP contribution in [-0.2, 0) is 0 Å². The van der Waals surface area contributed by atoms with Crippen molar-refractivity contribution >= 4 is 17.4 Å². The van der Waals surface area contributed by atoms with E-state index in [4.69, 9.17) is 16.3 Å². The number of carbonyl (C=O) groups excluding carboxylic acids is 1. The molecule has 0 atom stereocenters. The molecule has 0 aliphatic heterocycles. The van der Waals surface area contributed by atoms with Crippen molar-refractivity contribution in [3.63, 3.8) is 0 Å². The second kappa shape index (κ2) is 4.42. The molecule has 1 rings (SSSR count). The van der Waals surface area contributed by atoms with E-state index in [2.05, 4.69) is 0 Å². The zero-order valence-corrected chi connectivity index (χ0v) is 8.69. The van der Waals surface area contributed by atoms with Gasteiger partial charge in [0, 0.05) is 6.07 Å². The maximum Gasteiger partial charge on any atom is 0.180 e. The molecule has 0 saturated heterocycles. The highest BCUT2D eigenvalue weighted by Gasteiger charge is 2.13. The molecule has 0 saturated carbocycles. The fourth-order valence-electron chi connectivity index (χ4n) is 1.17. The van der Waals surface area contributed by atoms with E-state index in [1.54, 1.807) is 6.92 Å². The first-order valence-electron chi connectivity index (χ1n) is 4.03. The number of alkyl halides is 1. The van der Waals surface area contributed by atoms with E-state index in [0.717, 1.165) is 0 Å². The molecule has 0 radical (unpaired) electrons. The van der Waals surface area contributed by atoms with Gasteiger partial charge >= 0.3 is 0 Å². The normalized spacial score (nSPS) is 10.0. The summed E-state index contributed by atoms with van der Waals surface area (Å²) in [7, 11) is 1.45. The topological polar surface area (TPSA) is 26.3 Å². The van der Waals surface area contributed by atoms with Gasteiger partial charge < -0.3 is 4.74 Å². The number of rotatable bonds is 3. The Morgan fingerprint density at radius 1 is 1.57 bits per heavy atom. The van der Waals surface area contributed by atoms with Crippen LogP contribution in [0.1, 0.15) is 15.9 Å². The molecule has 14 heavy (non-hydrogen) atoms. The van der Waals surface area contributed by atoms with E-state index in [1.807, 2.05) is 0 Å². The third kappa shape index (κ3) is 2.04. The van der Waals surface area contributed by atoms with Crippen LogP contribution in [0.3, 0.4) is 0 Å². The second-order valence-corrected chi connectivity index (χ2v) is 3.13. The van der Waals surface area contributed by atoms with Crippen LogP contribution in [0.15, 0.2) is 12.1 Å². The van der Waals surface area contributed by atoms with Crippen LogP contribution in [-0.4, -0.2) is 18.8 Å². The average Bonchev–Trinajstić information content (AvgIpc) is 2.19. The molecule has 0 unspecified atom stereocenters. The number of hydrogen-bond donors (Lipinski definition) is 0. The summed E-state index contributed by atoms with van der Waals surface area (Å²) in [6.07, 6.45) is 0. The van der Waals surface area contributed by atoms with Crippen molar-refractivity contribution in [3.05, 3.63) is 29.1 Å². The van der Waals surface area contributed by atoms with E-state index in [9.17, 15) is 9.18 Å².